The monoisotopic (exact) mass is 246 g/mol. The highest BCUT2D eigenvalue weighted by molar-refractivity contribution is 7.89. The molecule has 1 aromatic rings. The van der Waals surface area contributed by atoms with Crippen LogP contribution in [0.5, 0.6) is 0 Å². The zero-order valence-electron chi connectivity index (χ0n) is 9.35. The van der Waals surface area contributed by atoms with Gasteiger partial charge in [0.2, 0.25) is 5.03 Å². The lowest BCUT2D eigenvalue weighted by Crippen LogP contribution is -2.32. The second-order valence-corrected chi connectivity index (χ2v) is 5.14. The van der Waals surface area contributed by atoms with Gasteiger partial charge in [0.05, 0.1) is 0 Å². The van der Waals surface area contributed by atoms with Crippen molar-refractivity contribution < 1.29 is 12.8 Å². The first-order chi connectivity index (χ1) is 7.54. The molecule has 0 radical (unpaired) electrons. The van der Waals surface area contributed by atoms with Gasteiger partial charge in [0.1, 0.15) is 0 Å². The maximum atomic E-state index is 13.4. The molecule has 1 aromatic heterocycles. The van der Waals surface area contributed by atoms with Crippen molar-refractivity contribution in [3.63, 3.8) is 0 Å². The molecule has 0 unspecified atom stereocenters. The molecule has 0 saturated heterocycles. The molecule has 0 amide bonds. The Bertz CT molecular complexity index is 448. The van der Waals surface area contributed by atoms with Gasteiger partial charge < -0.3 is 0 Å². The fourth-order valence-corrected chi connectivity index (χ4v) is 2.90. The van der Waals surface area contributed by atoms with Gasteiger partial charge in [0, 0.05) is 19.3 Å². The summed E-state index contributed by atoms with van der Waals surface area (Å²) in [5.74, 6) is -0.808. The summed E-state index contributed by atoms with van der Waals surface area (Å²) in [5.41, 5.74) is 0. The van der Waals surface area contributed by atoms with Crippen LogP contribution in [0.2, 0.25) is 0 Å². The zero-order chi connectivity index (χ0) is 12.2. The van der Waals surface area contributed by atoms with E-state index in [1.165, 1.54) is 16.6 Å². The van der Waals surface area contributed by atoms with E-state index in [4.69, 9.17) is 0 Å². The van der Waals surface area contributed by atoms with Gasteiger partial charge in [-0.1, -0.05) is 13.8 Å². The van der Waals surface area contributed by atoms with Crippen molar-refractivity contribution in [2.24, 2.45) is 0 Å². The average molecular weight is 246 g/mol. The molecule has 4 nitrogen and oxygen atoms in total. The number of halogens is 1. The number of hydrogen-bond acceptors (Lipinski definition) is 3. The Labute approximate surface area is 95.2 Å². The minimum atomic E-state index is -3.80. The van der Waals surface area contributed by atoms with E-state index in [1.54, 1.807) is 6.92 Å². The maximum Gasteiger partial charge on any atom is 0.263 e. The minimum absolute atomic E-state index is 0.312. The van der Waals surface area contributed by atoms with Gasteiger partial charge in [-0.25, -0.2) is 17.8 Å². The first-order valence-electron chi connectivity index (χ1n) is 5.14. The Morgan fingerprint density at radius 2 is 2.12 bits per heavy atom. The van der Waals surface area contributed by atoms with E-state index in [9.17, 15) is 12.8 Å². The molecule has 90 valence electrons. The van der Waals surface area contributed by atoms with Crippen LogP contribution in [0.25, 0.3) is 0 Å². The molecule has 0 aliphatic carbocycles. The molecule has 0 aromatic carbocycles. The van der Waals surface area contributed by atoms with Gasteiger partial charge >= 0.3 is 0 Å². The fourth-order valence-electron chi connectivity index (χ4n) is 1.38. The van der Waals surface area contributed by atoms with Gasteiger partial charge in [-0.3, -0.25) is 0 Å². The van der Waals surface area contributed by atoms with Crippen LogP contribution in [-0.2, 0) is 10.0 Å². The van der Waals surface area contributed by atoms with Crippen molar-refractivity contribution in [3.8, 4) is 0 Å². The van der Waals surface area contributed by atoms with E-state index < -0.39 is 20.9 Å². The van der Waals surface area contributed by atoms with Gasteiger partial charge in [-0.2, -0.15) is 4.31 Å². The fraction of sp³-hybridized carbons (Fsp3) is 0.500. The molecule has 0 saturated carbocycles. The molecule has 6 heteroatoms. The Hall–Kier alpha value is -1.01. The number of pyridine rings is 1. The smallest absolute Gasteiger partial charge is 0.241 e. The molecule has 1 rings (SSSR count). The quantitative estimate of drug-likeness (QED) is 0.793. The van der Waals surface area contributed by atoms with Crippen molar-refractivity contribution in [3.05, 3.63) is 24.1 Å². The number of rotatable bonds is 5. The van der Waals surface area contributed by atoms with Gasteiger partial charge in [0.25, 0.3) is 10.0 Å². The molecule has 0 N–H and O–H groups in total. The minimum Gasteiger partial charge on any atom is -0.241 e. The summed E-state index contributed by atoms with van der Waals surface area (Å²) in [4.78, 5) is 3.60. The van der Waals surface area contributed by atoms with Crippen molar-refractivity contribution in [1.29, 1.82) is 0 Å². The first kappa shape index (κ1) is 13.1. The lowest BCUT2D eigenvalue weighted by molar-refractivity contribution is 0.419. The van der Waals surface area contributed by atoms with Crippen LogP contribution in [0.1, 0.15) is 20.3 Å². The third-order valence-corrected chi connectivity index (χ3v) is 4.04. The van der Waals surface area contributed by atoms with Gasteiger partial charge in [-0.15, -0.1) is 0 Å². The van der Waals surface area contributed by atoms with Gasteiger partial charge in [-0.05, 0) is 18.6 Å². The van der Waals surface area contributed by atoms with Crippen molar-refractivity contribution in [2.45, 2.75) is 25.3 Å². The summed E-state index contributed by atoms with van der Waals surface area (Å²) in [7, 11) is -3.80. The standard InChI is InChI=1S/C10H15FN2O2S/c1-3-8-13(4-2)16(14,15)10-9(11)6-5-7-12-10/h5-7H,3-4,8H2,1-2H3. The van der Waals surface area contributed by atoms with Crippen molar-refractivity contribution >= 4 is 10.0 Å². The van der Waals surface area contributed by atoms with Crippen LogP contribution in [0.15, 0.2) is 23.4 Å². The van der Waals surface area contributed by atoms with Crippen LogP contribution in [0.3, 0.4) is 0 Å². The van der Waals surface area contributed by atoms with Crippen LogP contribution >= 0.6 is 0 Å². The third kappa shape index (κ3) is 2.56. The van der Waals surface area contributed by atoms with E-state index >= 15 is 0 Å². The Kier molecular flexibility index (Phi) is 4.37. The summed E-state index contributed by atoms with van der Waals surface area (Å²) in [6.07, 6.45) is 1.96. The van der Waals surface area contributed by atoms with E-state index in [2.05, 4.69) is 4.98 Å². The molecule has 0 atom stereocenters. The van der Waals surface area contributed by atoms with E-state index in [0.29, 0.717) is 19.5 Å². The lowest BCUT2D eigenvalue weighted by atomic mass is 10.5. The van der Waals surface area contributed by atoms with E-state index in [-0.39, 0.29) is 0 Å². The molecule has 0 aliphatic rings. The Balaban J connectivity index is 3.15. The van der Waals surface area contributed by atoms with Crippen LogP contribution in [0, 0.1) is 5.82 Å². The summed E-state index contributed by atoms with van der Waals surface area (Å²) < 4.78 is 38.6. The molecular formula is C10H15FN2O2S. The Morgan fingerprint density at radius 3 is 2.62 bits per heavy atom. The average Bonchev–Trinajstić information content (AvgIpc) is 2.26. The summed E-state index contributed by atoms with van der Waals surface area (Å²) in [5, 5.41) is -0.495. The SMILES string of the molecule is CCCN(CC)S(=O)(=O)c1ncccc1F. The maximum absolute atomic E-state index is 13.4. The topological polar surface area (TPSA) is 50.3 Å². The highest BCUT2D eigenvalue weighted by Gasteiger charge is 2.26. The Morgan fingerprint density at radius 1 is 1.44 bits per heavy atom. The van der Waals surface area contributed by atoms with Crippen molar-refractivity contribution in [2.75, 3.05) is 13.1 Å². The highest BCUT2D eigenvalue weighted by Crippen LogP contribution is 2.16. The number of aromatic nitrogens is 1. The second kappa shape index (κ2) is 5.36. The summed E-state index contributed by atoms with van der Waals surface area (Å²) in [6.45, 7) is 4.27. The highest BCUT2D eigenvalue weighted by atomic mass is 32.2. The third-order valence-electron chi connectivity index (χ3n) is 2.13. The van der Waals surface area contributed by atoms with Crippen LogP contribution in [-0.4, -0.2) is 30.8 Å². The molecule has 0 spiro atoms. The second-order valence-electron chi connectivity index (χ2n) is 3.29. The molecule has 0 fully saturated rings. The predicted octanol–water partition coefficient (Wildman–Crippen LogP) is 1.64. The number of sulfonamides is 1. The first-order valence-corrected chi connectivity index (χ1v) is 6.58. The number of nitrogens with zero attached hydrogens (tertiary/aromatic N) is 2. The molecular weight excluding hydrogens is 231 g/mol. The van der Waals surface area contributed by atoms with Crippen LogP contribution < -0.4 is 0 Å². The van der Waals surface area contributed by atoms with Crippen molar-refractivity contribution in [1.82, 2.24) is 9.29 Å². The summed E-state index contributed by atoms with van der Waals surface area (Å²) >= 11 is 0. The molecule has 16 heavy (non-hydrogen) atoms. The molecule has 1 heterocycles. The largest absolute Gasteiger partial charge is 0.263 e. The van der Waals surface area contributed by atoms with E-state index in [0.717, 1.165) is 6.07 Å². The van der Waals surface area contributed by atoms with Crippen LogP contribution in [0.4, 0.5) is 4.39 Å². The normalized spacial score (nSPS) is 12.0. The molecule has 0 bridgehead atoms. The lowest BCUT2D eigenvalue weighted by Gasteiger charge is -2.18. The van der Waals surface area contributed by atoms with E-state index in [1.807, 2.05) is 6.92 Å². The zero-order valence-corrected chi connectivity index (χ0v) is 10.2. The summed E-state index contributed by atoms with van der Waals surface area (Å²) in [6, 6.07) is 2.46. The number of hydrogen-bond donors (Lipinski definition) is 0. The predicted molar refractivity (Wildman–Crippen MR) is 58.9 cm³/mol. The van der Waals surface area contributed by atoms with Gasteiger partial charge in [0.15, 0.2) is 5.82 Å². The molecule has 0 aliphatic heterocycles.